The van der Waals surface area contributed by atoms with Crippen LogP contribution in [0.15, 0.2) is 0 Å². The van der Waals surface area contributed by atoms with E-state index in [1.165, 1.54) is 32.1 Å². The molecule has 0 spiro atoms. The average molecular weight is 417 g/mol. The van der Waals surface area contributed by atoms with Crippen LogP contribution in [0.1, 0.15) is 98.3 Å². The molecule has 0 aliphatic carbocycles. The predicted molar refractivity (Wildman–Crippen MR) is 114 cm³/mol. The predicted octanol–water partition coefficient (Wildman–Crippen LogP) is 4.50. The Balaban J connectivity index is 0. The molecule has 2 saturated heterocycles. The van der Waals surface area contributed by atoms with Gasteiger partial charge in [-0.25, -0.2) is 0 Å². The van der Waals surface area contributed by atoms with Gasteiger partial charge in [-0.2, -0.15) is 0 Å². The van der Waals surface area contributed by atoms with Gasteiger partial charge in [0.25, 0.3) is 0 Å². The maximum Gasteiger partial charge on any atom is 0.310 e. The molecule has 2 aliphatic rings. The topological polar surface area (TPSA) is 83.8 Å². The van der Waals surface area contributed by atoms with E-state index < -0.39 is 35.0 Å². The van der Waals surface area contributed by atoms with E-state index in [1.54, 1.807) is 6.92 Å². The van der Waals surface area contributed by atoms with Gasteiger partial charge in [0.15, 0.2) is 0 Å². The van der Waals surface area contributed by atoms with Crippen molar-refractivity contribution in [3.05, 3.63) is 0 Å². The summed E-state index contributed by atoms with van der Waals surface area (Å²) in [6.45, 7) is 8.21. The third-order valence-electron chi connectivity index (χ3n) is 5.77. The maximum absolute atomic E-state index is 11.7. The number of unbranched alkanes of at least 4 members (excludes halogenated alkanes) is 6. The van der Waals surface area contributed by atoms with Crippen LogP contribution in [0.3, 0.4) is 0 Å². The zero-order valence-corrected chi connectivity index (χ0v) is 23.1. The summed E-state index contributed by atoms with van der Waals surface area (Å²) in [5, 5.41) is 19.1. The van der Waals surface area contributed by atoms with Crippen LogP contribution in [-0.4, -0.2) is 92.5 Å². The van der Waals surface area contributed by atoms with E-state index >= 15 is 0 Å². The number of hydrogen-bond donors (Lipinski definition) is 2. The molecule has 4 atom stereocenters. The molecule has 2 fully saturated rings. The average Bonchev–Trinajstić information content (AvgIpc) is 3.03. The van der Waals surface area contributed by atoms with E-state index in [0.717, 1.165) is 19.3 Å². The van der Waals surface area contributed by atoms with Gasteiger partial charge >= 0.3 is 11.9 Å². The molecule has 0 amide bonds. The summed E-state index contributed by atoms with van der Waals surface area (Å²) in [6, 6.07) is 0. The van der Waals surface area contributed by atoms with Crippen LogP contribution in [-0.2, 0) is 14.3 Å². The van der Waals surface area contributed by atoms with Crippen molar-refractivity contribution in [2.24, 2.45) is 11.8 Å². The van der Waals surface area contributed by atoms with Gasteiger partial charge in [0, 0.05) is 59.1 Å². The Hall–Kier alpha value is 0.900. The van der Waals surface area contributed by atoms with Crippen LogP contribution < -0.4 is 0 Å². The molecule has 28 heavy (non-hydrogen) atoms. The van der Waals surface area contributed by atoms with Crippen LogP contribution in [0.5, 0.6) is 0 Å². The van der Waals surface area contributed by atoms with Crippen LogP contribution in [0, 0.1) is 11.8 Å². The number of ether oxygens (including phenoxy) is 1. The summed E-state index contributed by atoms with van der Waals surface area (Å²) >= 11 is 0. The van der Waals surface area contributed by atoms with Crippen LogP contribution in [0.25, 0.3) is 0 Å². The Bertz CT molecular complexity index is 474. The number of aliphatic carboxylic acids is 2. The molecule has 0 aromatic heterocycles. The summed E-state index contributed by atoms with van der Waals surface area (Å²) in [7, 11) is 0. The standard InChI is InChI=1S/C18H30O5.C3H8.2Na/c1-3-4-5-6-7-8-9-10-18-12-11-17(2,23-18)13(15(19)20)14(18)16(21)22;1-3-2;;/h13-14H,3-12H2,1-2H3,(H,19,20)(H,21,22);3H2,1-2H3;;/t13?,14?,17?,18-;;;/m0.../s1. The Morgan fingerprint density at radius 3 is 1.79 bits per heavy atom. The Kier molecular flexibility index (Phi) is 16.5. The van der Waals surface area contributed by atoms with Crippen molar-refractivity contribution in [1.82, 2.24) is 0 Å². The molecular weight excluding hydrogens is 378 g/mol. The molecule has 2 heterocycles. The number of rotatable bonds is 10. The molecule has 0 aromatic carbocycles. The first-order valence-electron chi connectivity index (χ1n) is 10.4. The van der Waals surface area contributed by atoms with Gasteiger partial charge in [-0.05, 0) is 26.2 Å². The van der Waals surface area contributed by atoms with Crippen molar-refractivity contribution in [3.63, 3.8) is 0 Å². The fourth-order valence-electron chi connectivity index (χ4n) is 4.60. The SMILES string of the molecule is CCC.CCCCCCCCC[C@@]12CCC(C)(O1)C(C(=O)O)C2C(=O)O.[Na].[Na]. The van der Waals surface area contributed by atoms with E-state index in [9.17, 15) is 19.8 Å². The number of fused-ring (bicyclic) bond motifs is 2. The minimum atomic E-state index is -1.04. The third kappa shape index (κ3) is 7.86. The van der Waals surface area contributed by atoms with Crippen molar-refractivity contribution in [2.45, 2.75) is 110 Å². The largest absolute Gasteiger partial charge is 0.481 e. The number of carbonyl (C=O) groups is 2. The molecule has 2 rings (SSSR count). The van der Waals surface area contributed by atoms with Gasteiger partial charge in [-0.3, -0.25) is 9.59 Å². The molecule has 7 heteroatoms. The zero-order valence-electron chi connectivity index (χ0n) is 19.1. The van der Waals surface area contributed by atoms with E-state index in [0.29, 0.717) is 19.3 Å². The van der Waals surface area contributed by atoms with E-state index in [4.69, 9.17) is 4.74 Å². The second-order valence-corrected chi connectivity index (χ2v) is 8.19. The minimum Gasteiger partial charge on any atom is -0.481 e. The van der Waals surface area contributed by atoms with Crippen molar-refractivity contribution in [3.8, 4) is 0 Å². The summed E-state index contributed by atoms with van der Waals surface area (Å²) in [4.78, 5) is 23.3. The Morgan fingerprint density at radius 2 is 1.32 bits per heavy atom. The molecule has 154 valence electrons. The van der Waals surface area contributed by atoms with Crippen LogP contribution >= 0.6 is 0 Å². The molecule has 2 radical (unpaired) electrons. The van der Waals surface area contributed by atoms with E-state index in [2.05, 4.69) is 20.8 Å². The summed E-state index contributed by atoms with van der Waals surface area (Å²) in [5.41, 5.74) is -1.59. The Morgan fingerprint density at radius 1 is 0.857 bits per heavy atom. The van der Waals surface area contributed by atoms with Gasteiger partial charge in [-0.15, -0.1) is 0 Å². The maximum atomic E-state index is 11.7. The van der Waals surface area contributed by atoms with E-state index in [-0.39, 0.29) is 59.1 Å². The zero-order chi connectivity index (χ0) is 19.8. The second kappa shape index (κ2) is 14.8. The van der Waals surface area contributed by atoms with E-state index in [1.807, 2.05) is 0 Å². The summed E-state index contributed by atoms with van der Waals surface area (Å²) in [5.74, 6) is -3.91. The molecule has 3 unspecified atom stereocenters. The quantitative estimate of drug-likeness (QED) is 0.404. The Labute approximate surface area is 215 Å². The third-order valence-corrected chi connectivity index (χ3v) is 5.77. The first-order chi connectivity index (χ1) is 12.3. The second-order valence-electron chi connectivity index (χ2n) is 8.19. The first-order valence-corrected chi connectivity index (χ1v) is 10.4. The summed E-state index contributed by atoms with van der Waals surface area (Å²) in [6.07, 6.45) is 11.3. The molecule has 0 saturated carbocycles. The van der Waals surface area contributed by atoms with Gasteiger partial charge in [0.1, 0.15) is 11.8 Å². The van der Waals surface area contributed by atoms with Crippen LogP contribution in [0.2, 0.25) is 0 Å². The van der Waals surface area contributed by atoms with Crippen LogP contribution in [0.4, 0.5) is 0 Å². The van der Waals surface area contributed by atoms with Gasteiger partial charge < -0.3 is 14.9 Å². The van der Waals surface area contributed by atoms with Gasteiger partial charge in [0.05, 0.1) is 11.2 Å². The number of hydrogen-bond acceptors (Lipinski definition) is 3. The molecular formula is C21H38Na2O5. The molecule has 2 bridgehead atoms. The normalized spacial score (nSPS) is 29.9. The van der Waals surface area contributed by atoms with Crippen molar-refractivity contribution in [1.29, 1.82) is 0 Å². The fourth-order valence-corrected chi connectivity index (χ4v) is 4.60. The molecule has 0 aromatic rings. The number of carboxylic acid groups (broad SMARTS) is 2. The minimum absolute atomic E-state index is 0. The van der Waals surface area contributed by atoms with Crippen molar-refractivity contribution < 1.29 is 24.5 Å². The van der Waals surface area contributed by atoms with Gasteiger partial charge in [-0.1, -0.05) is 72.1 Å². The number of carboxylic acids is 2. The smallest absolute Gasteiger partial charge is 0.310 e. The molecule has 2 N–H and O–H groups in total. The fraction of sp³-hybridized carbons (Fsp3) is 0.905. The first kappa shape index (κ1) is 31.1. The van der Waals surface area contributed by atoms with Crippen molar-refractivity contribution >= 4 is 71.1 Å². The van der Waals surface area contributed by atoms with Gasteiger partial charge in [0.2, 0.25) is 0 Å². The van der Waals surface area contributed by atoms with Crippen molar-refractivity contribution in [2.75, 3.05) is 0 Å². The molecule has 2 aliphatic heterocycles. The monoisotopic (exact) mass is 416 g/mol. The molecule has 5 nitrogen and oxygen atoms in total. The summed E-state index contributed by atoms with van der Waals surface area (Å²) < 4.78 is 6.08.